The molecule has 1 saturated heterocycles. The van der Waals surface area contributed by atoms with Gasteiger partial charge in [0.05, 0.1) is 6.54 Å². The van der Waals surface area contributed by atoms with E-state index in [0.717, 1.165) is 38.8 Å². The predicted octanol–water partition coefficient (Wildman–Crippen LogP) is 2.46. The molecule has 0 aliphatic carbocycles. The molecule has 0 radical (unpaired) electrons. The Morgan fingerprint density at radius 3 is 2.50 bits per heavy atom. The SMILES string of the molecule is CCC(CC(=O)N1CCCC(N(C)CC(=O)O)CC1)C(C)C. The van der Waals surface area contributed by atoms with Gasteiger partial charge in [-0.2, -0.15) is 0 Å². The highest BCUT2D eigenvalue weighted by Gasteiger charge is 2.25. The summed E-state index contributed by atoms with van der Waals surface area (Å²) in [5, 5.41) is 8.90. The maximum absolute atomic E-state index is 12.5. The second-order valence-electron chi connectivity index (χ2n) is 6.89. The summed E-state index contributed by atoms with van der Waals surface area (Å²) in [6.07, 6.45) is 4.48. The molecule has 0 spiro atoms. The second-order valence-corrected chi connectivity index (χ2v) is 6.89. The van der Waals surface area contributed by atoms with Crippen LogP contribution in [0.4, 0.5) is 0 Å². The molecular formula is C17H32N2O3. The van der Waals surface area contributed by atoms with Gasteiger partial charge in [0.15, 0.2) is 0 Å². The van der Waals surface area contributed by atoms with Crippen LogP contribution < -0.4 is 0 Å². The zero-order valence-corrected chi connectivity index (χ0v) is 14.5. The summed E-state index contributed by atoms with van der Waals surface area (Å²) < 4.78 is 0. The Labute approximate surface area is 134 Å². The number of nitrogens with zero attached hydrogens (tertiary/aromatic N) is 2. The number of carboxylic acids is 1. The average Bonchev–Trinajstić information content (AvgIpc) is 2.69. The number of hydrogen-bond donors (Lipinski definition) is 1. The highest BCUT2D eigenvalue weighted by Crippen LogP contribution is 2.22. The fourth-order valence-corrected chi connectivity index (χ4v) is 3.32. The molecule has 0 aromatic carbocycles. The maximum Gasteiger partial charge on any atom is 0.317 e. The minimum atomic E-state index is -0.789. The fraction of sp³-hybridized carbons (Fsp3) is 0.882. The Morgan fingerprint density at radius 1 is 1.27 bits per heavy atom. The van der Waals surface area contributed by atoms with Crippen LogP contribution >= 0.6 is 0 Å². The van der Waals surface area contributed by atoms with Crippen molar-refractivity contribution in [3.05, 3.63) is 0 Å². The number of carbonyl (C=O) groups is 2. The van der Waals surface area contributed by atoms with Gasteiger partial charge >= 0.3 is 5.97 Å². The van der Waals surface area contributed by atoms with Gasteiger partial charge in [0, 0.05) is 25.6 Å². The van der Waals surface area contributed by atoms with Gasteiger partial charge in [-0.1, -0.05) is 27.2 Å². The third-order valence-corrected chi connectivity index (χ3v) is 4.96. The molecule has 2 atom stereocenters. The Balaban J connectivity index is 2.51. The predicted molar refractivity (Wildman–Crippen MR) is 87.7 cm³/mol. The summed E-state index contributed by atoms with van der Waals surface area (Å²) in [6, 6.07) is 0.265. The normalized spacial score (nSPS) is 21.0. The molecule has 1 aliphatic rings. The summed E-state index contributed by atoms with van der Waals surface area (Å²) >= 11 is 0. The quantitative estimate of drug-likeness (QED) is 0.784. The topological polar surface area (TPSA) is 60.9 Å². The molecule has 0 aromatic rings. The third kappa shape index (κ3) is 5.95. The van der Waals surface area contributed by atoms with E-state index in [4.69, 9.17) is 5.11 Å². The van der Waals surface area contributed by atoms with Gasteiger partial charge in [-0.15, -0.1) is 0 Å². The molecule has 5 heteroatoms. The molecule has 0 aromatic heterocycles. The minimum absolute atomic E-state index is 0.0733. The lowest BCUT2D eigenvalue weighted by molar-refractivity contribution is -0.138. The van der Waals surface area contributed by atoms with E-state index in [2.05, 4.69) is 20.8 Å². The Kier molecular flexibility index (Phi) is 7.87. The molecule has 1 fully saturated rings. The van der Waals surface area contributed by atoms with Crippen LogP contribution in [0.15, 0.2) is 0 Å². The summed E-state index contributed by atoms with van der Waals surface area (Å²) in [7, 11) is 1.86. The van der Waals surface area contributed by atoms with Crippen LogP contribution in [0.2, 0.25) is 0 Å². The van der Waals surface area contributed by atoms with Crippen molar-refractivity contribution in [2.24, 2.45) is 11.8 Å². The number of likely N-dealkylation sites (tertiary alicyclic amines) is 1. The molecule has 128 valence electrons. The van der Waals surface area contributed by atoms with E-state index in [9.17, 15) is 9.59 Å². The van der Waals surface area contributed by atoms with Gasteiger partial charge in [-0.05, 0) is 38.1 Å². The van der Waals surface area contributed by atoms with E-state index in [0.29, 0.717) is 18.3 Å². The Morgan fingerprint density at radius 2 is 1.95 bits per heavy atom. The van der Waals surface area contributed by atoms with E-state index in [1.54, 1.807) is 0 Å². The van der Waals surface area contributed by atoms with E-state index < -0.39 is 5.97 Å². The number of carboxylic acid groups (broad SMARTS) is 1. The molecule has 22 heavy (non-hydrogen) atoms. The van der Waals surface area contributed by atoms with Crippen molar-refractivity contribution < 1.29 is 14.7 Å². The van der Waals surface area contributed by atoms with E-state index >= 15 is 0 Å². The van der Waals surface area contributed by atoms with Gasteiger partial charge < -0.3 is 10.0 Å². The highest BCUT2D eigenvalue weighted by molar-refractivity contribution is 5.76. The lowest BCUT2D eigenvalue weighted by Gasteiger charge is -2.27. The zero-order valence-electron chi connectivity index (χ0n) is 14.5. The zero-order chi connectivity index (χ0) is 16.7. The van der Waals surface area contributed by atoms with Gasteiger partial charge in [-0.25, -0.2) is 0 Å². The molecule has 2 unspecified atom stereocenters. The van der Waals surface area contributed by atoms with Crippen molar-refractivity contribution in [1.82, 2.24) is 9.80 Å². The van der Waals surface area contributed by atoms with E-state index in [1.165, 1.54) is 0 Å². The van der Waals surface area contributed by atoms with Crippen LogP contribution in [-0.2, 0) is 9.59 Å². The first-order valence-electron chi connectivity index (χ1n) is 8.54. The summed E-state index contributed by atoms with van der Waals surface area (Å²) in [5.41, 5.74) is 0. The summed E-state index contributed by atoms with van der Waals surface area (Å²) in [5.74, 6) is 0.473. The number of likely N-dealkylation sites (N-methyl/N-ethyl adjacent to an activating group) is 1. The number of hydrogen-bond acceptors (Lipinski definition) is 3. The summed E-state index contributed by atoms with van der Waals surface area (Å²) in [6.45, 7) is 8.15. The molecule has 1 aliphatic heterocycles. The van der Waals surface area contributed by atoms with Gasteiger partial charge in [0.25, 0.3) is 0 Å². The van der Waals surface area contributed by atoms with Crippen molar-refractivity contribution in [2.45, 2.75) is 58.9 Å². The van der Waals surface area contributed by atoms with Gasteiger partial charge in [0.2, 0.25) is 5.91 Å². The number of rotatable bonds is 7. The molecule has 0 bridgehead atoms. The molecule has 1 rings (SSSR count). The van der Waals surface area contributed by atoms with Crippen molar-refractivity contribution in [3.8, 4) is 0 Å². The van der Waals surface area contributed by atoms with Crippen molar-refractivity contribution in [3.63, 3.8) is 0 Å². The molecule has 1 N–H and O–H groups in total. The number of carbonyl (C=O) groups excluding carboxylic acids is 1. The molecule has 0 saturated carbocycles. The van der Waals surface area contributed by atoms with Crippen molar-refractivity contribution in [2.75, 3.05) is 26.7 Å². The van der Waals surface area contributed by atoms with Crippen LogP contribution in [0, 0.1) is 11.8 Å². The van der Waals surface area contributed by atoms with Gasteiger partial charge in [-0.3, -0.25) is 14.5 Å². The summed E-state index contributed by atoms with van der Waals surface area (Å²) in [4.78, 5) is 27.2. The monoisotopic (exact) mass is 312 g/mol. The van der Waals surface area contributed by atoms with Crippen LogP contribution in [-0.4, -0.2) is 59.5 Å². The first-order chi connectivity index (χ1) is 10.3. The van der Waals surface area contributed by atoms with Crippen LogP contribution in [0.1, 0.15) is 52.9 Å². The maximum atomic E-state index is 12.5. The van der Waals surface area contributed by atoms with Crippen LogP contribution in [0.5, 0.6) is 0 Å². The van der Waals surface area contributed by atoms with E-state index in [1.807, 2.05) is 16.8 Å². The van der Waals surface area contributed by atoms with Crippen molar-refractivity contribution in [1.29, 1.82) is 0 Å². The van der Waals surface area contributed by atoms with Crippen molar-refractivity contribution >= 4 is 11.9 Å². The fourth-order valence-electron chi connectivity index (χ4n) is 3.32. The van der Waals surface area contributed by atoms with Crippen LogP contribution in [0.3, 0.4) is 0 Å². The standard InChI is InChI=1S/C17H32N2O3/c1-5-14(13(2)3)11-16(20)19-9-6-7-15(8-10-19)18(4)12-17(21)22/h13-15H,5-12H2,1-4H3,(H,21,22). The Bertz CT molecular complexity index is 371. The molecule has 1 amide bonds. The lowest BCUT2D eigenvalue weighted by atomic mass is 9.89. The molecular weight excluding hydrogens is 280 g/mol. The smallest absolute Gasteiger partial charge is 0.317 e. The number of aliphatic carboxylic acids is 1. The molecule has 1 heterocycles. The van der Waals surface area contributed by atoms with Crippen LogP contribution in [0.25, 0.3) is 0 Å². The number of amides is 1. The van der Waals surface area contributed by atoms with E-state index in [-0.39, 0.29) is 18.5 Å². The Hall–Kier alpha value is -1.10. The molecule has 5 nitrogen and oxygen atoms in total. The third-order valence-electron chi connectivity index (χ3n) is 4.96. The minimum Gasteiger partial charge on any atom is -0.480 e. The first-order valence-corrected chi connectivity index (χ1v) is 8.54. The average molecular weight is 312 g/mol. The second kappa shape index (κ2) is 9.13. The lowest BCUT2D eigenvalue weighted by Crippen LogP contribution is -2.37. The largest absolute Gasteiger partial charge is 0.480 e. The first kappa shape index (κ1) is 18.9. The van der Waals surface area contributed by atoms with Gasteiger partial charge in [0.1, 0.15) is 0 Å². The highest BCUT2D eigenvalue weighted by atomic mass is 16.4.